The molecule has 2 aliphatic heterocycles. The van der Waals surface area contributed by atoms with Crippen LogP contribution in [0.3, 0.4) is 0 Å². The van der Waals surface area contributed by atoms with Crippen LogP contribution in [-0.4, -0.2) is 65.2 Å². The molecule has 1 aromatic carbocycles. The van der Waals surface area contributed by atoms with E-state index in [1.165, 1.54) is 4.90 Å². The SMILES string of the molecule is CC(C)(C)OC(=O)N1CCC(O[C@H]2CC[C@H](CN3C(=O)c4ccccc4C3=O)CC2)CC1. The number of hydrogen-bond donors (Lipinski definition) is 0. The third kappa shape index (κ3) is 5.14. The molecule has 1 saturated carbocycles. The predicted octanol–water partition coefficient (Wildman–Crippen LogP) is 4.26. The summed E-state index contributed by atoms with van der Waals surface area (Å²) in [5.74, 6) is -0.00693. The Balaban J connectivity index is 1.19. The van der Waals surface area contributed by atoms with Gasteiger partial charge in [-0.2, -0.15) is 0 Å². The summed E-state index contributed by atoms with van der Waals surface area (Å²) in [5.41, 5.74) is 0.565. The van der Waals surface area contributed by atoms with Gasteiger partial charge in [-0.3, -0.25) is 14.5 Å². The van der Waals surface area contributed by atoms with E-state index in [4.69, 9.17) is 9.47 Å². The van der Waals surface area contributed by atoms with Crippen molar-refractivity contribution in [1.82, 2.24) is 9.80 Å². The highest BCUT2D eigenvalue weighted by atomic mass is 16.6. The first-order valence-electron chi connectivity index (χ1n) is 11.8. The summed E-state index contributed by atoms with van der Waals surface area (Å²) in [6.07, 6.45) is 5.59. The molecule has 0 bridgehead atoms. The lowest BCUT2D eigenvalue weighted by atomic mass is 9.86. The number of rotatable bonds is 4. The third-order valence-corrected chi connectivity index (χ3v) is 6.59. The van der Waals surface area contributed by atoms with E-state index in [1.54, 1.807) is 29.2 Å². The van der Waals surface area contributed by atoms with Crippen LogP contribution in [-0.2, 0) is 9.47 Å². The molecule has 1 saturated heterocycles. The molecule has 174 valence electrons. The summed E-state index contributed by atoms with van der Waals surface area (Å²) in [5, 5.41) is 0. The van der Waals surface area contributed by atoms with Gasteiger partial charge >= 0.3 is 6.09 Å². The van der Waals surface area contributed by atoms with E-state index in [0.29, 0.717) is 36.7 Å². The summed E-state index contributed by atoms with van der Waals surface area (Å²) in [4.78, 5) is 40.6. The number of benzene rings is 1. The summed E-state index contributed by atoms with van der Waals surface area (Å²) in [6, 6.07) is 7.06. The molecule has 3 amide bonds. The van der Waals surface area contributed by atoms with Crippen molar-refractivity contribution in [2.45, 2.75) is 77.1 Å². The number of carbonyl (C=O) groups excluding carboxylic acids is 3. The van der Waals surface area contributed by atoms with Crippen molar-refractivity contribution in [2.24, 2.45) is 5.92 Å². The minimum Gasteiger partial charge on any atom is -0.444 e. The van der Waals surface area contributed by atoms with Crippen LogP contribution < -0.4 is 0 Å². The number of piperidine rings is 1. The van der Waals surface area contributed by atoms with Crippen molar-refractivity contribution in [3.8, 4) is 0 Å². The Morgan fingerprint density at radius 3 is 1.97 bits per heavy atom. The Hall–Kier alpha value is -2.41. The highest BCUT2D eigenvalue weighted by Gasteiger charge is 2.37. The fraction of sp³-hybridized carbons (Fsp3) is 0.640. The standard InChI is InChI=1S/C25H34N2O5/c1-25(2,3)32-24(30)26-14-12-19(13-15-26)31-18-10-8-17(9-11-18)16-27-22(28)20-6-4-5-7-21(20)23(27)29/h4-7,17-19H,8-16H2,1-3H3/t17-,18-. The maximum atomic E-state index is 12.6. The molecule has 1 aliphatic carbocycles. The van der Waals surface area contributed by atoms with Crippen LogP contribution in [0.5, 0.6) is 0 Å². The van der Waals surface area contributed by atoms with Gasteiger partial charge in [0.25, 0.3) is 11.8 Å². The van der Waals surface area contributed by atoms with Crippen LogP contribution in [0.15, 0.2) is 24.3 Å². The van der Waals surface area contributed by atoms with Gasteiger partial charge in [0.2, 0.25) is 0 Å². The van der Waals surface area contributed by atoms with Gasteiger partial charge < -0.3 is 14.4 Å². The van der Waals surface area contributed by atoms with Crippen LogP contribution in [0.4, 0.5) is 4.79 Å². The predicted molar refractivity (Wildman–Crippen MR) is 119 cm³/mol. The van der Waals surface area contributed by atoms with Crippen molar-refractivity contribution in [3.63, 3.8) is 0 Å². The fourth-order valence-corrected chi connectivity index (χ4v) is 4.89. The second-order valence-corrected chi connectivity index (χ2v) is 10.2. The first kappa shape index (κ1) is 22.8. The van der Waals surface area contributed by atoms with E-state index in [2.05, 4.69) is 0 Å². The van der Waals surface area contributed by atoms with Crippen LogP contribution >= 0.6 is 0 Å². The Labute approximate surface area is 190 Å². The summed E-state index contributed by atoms with van der Waals surface area (Å²) >= 11 is 0. The average Bonchev–Trinajstić information content (AvgIpc) is 2.99. The maximum Gasteiger partial charge on any atom is 0.410 e. The van der Waals surface area contributed by atoms with E-state index < -0.39 is 5.60 Å². The fourth-order valence-electron chi connectivity index (χ4n) is 4.89. The molecular weight excluding hydrogens is 408 g/mol. The number of likely N-dealkylation sites (tertiary alicyclic amines) is 1. The molecule has 0 aromatic heterocycles. The van der Waals surface area contributed by atoms with Crippen LogP contribution in [0, 0.1) is 5.92 Å². The number of fused-ring (bicyclic) bond motifs is 1. The monoisotopic (exact) mass is 442 g/mol. The smallest absolute Gasteiger partial charge is 0.410 e. The van der Waals surface area contributed by atoms with Crippen LogP contribution in [0.2, 0.25) is 0 Å². The van der Waals surface area contributed by atoms with Crippen molar-refractivity contribution in [1.29, 1.82) is 0 Å². The lowest BCUT2D eigenvalue weighted by molar-refractivity contribution is -0.0629. The normalized spacial score (nSPS) is 24.6. The number of carbonyl (C=O) groups is 3. The van der Waals surface area contributed by atoms with E-state index in [0.717, 1.165) is 38.5 Å². The van der Waals surface area contributed by atoms with Gasteiger partial charge in [0, 0.05) is 19.6 Å². The average molecular weight is 443 g/mol. The third-order valence-electron chi connectivity index (χ3n) is 6.59. The topological polar surface area (TPSA) is 76.2 Å². The highest BCUT2D eigenvalue weighted by molar-refractivity contribution is 6.21. The molecule has 0 N–H and O–H groups in total. The van der Waals surface area contributed by atoms with E-state index in [9.17, 15) is 14.4 Å². The first-order valence-corrected chi connectivity index (χ1v) is 11.8. The van der Waals surface area contributed by atoms with Crippen molar-refractivity contribution in [3.05, 3.63) is 35.4 Å². The number of ether oxygens (including phenoxy) is 2. The van der Waals surface area contributed by atoms with E-state index in [1.807, 2.05) is 20.8 Å². The molecule has 0 atom stereocenters. The van der Waals surface area contributed by atoms with Gasteiger partial charge in [-0.25, -0.2) is 4.79 Å². The molecule has 3 aliphatic rings. The quantitative estimate of drug-likeness (QED) is 0.652. The van der Waals surface area contributed by atoms with Gasteiger partial charge in [-0.05, 0) is 77.3 Å². The number of imide groups is 1. The van der Waals surface area contributed by atoms with Crippen molar-refractivity contribution in [2.75, 3.05) is 19.6 Å². The Morgan fingerprint density at radius 1 is 0.906 bits per heavy atom. The highest BCUT2D eigenvalue weighted by Crippen LogP contribution is 2.32. The molecule has 2 heterocycles. The zero-order valence-corrected chi connectivity index (χ0v) is 19.3. The Morgan fingerprint density at radius 2 is 1.44 bits per heavy atom. The minimum absolute atomic E-state index is 0.166. The number of nitrogens with zero attached hydrogens (tertiary/aromatic N) is 2. The largest absolute Gasteiger partial charge is 0.444 e. The summed E-state index contributed by atoms with van der Waals surface area (Å²) in [6.45, 7) is 7.46. The summed E-state index contributed by atoms with van der Waals surface area (Å²) < 4.78 is 11.8. The van der Waals surface area contributed by atoms with Crippen molar-refractivity contribution < 1.29 is 23.9 Å². The maximum absolute atomic E-state index is 12.6. The molecule has 1 aromatic rings. The Bertz CT molecular complexity index is 826. The zero-order valence-electron chi connectivity index (χ0n) is 19.3. The molecule has 2 fully saturated rings. The minimum atomic E-state index is -0.476. The van der Waals surface area contributed by atoms with Crippen LogP contribution in [0.25, 0.3) is 0 Å². The van der Waals surface area contributed by atoms with Gasteiger partial charge in [-0.1, -0.05) is 12.1 Å². The lowest BCUT2D eigenvalue weighted by Crippen LogP contribution is -2.44. The van der Waals surface area contributed by atoms with Gasteiger partial charge in [0.1, 0.15) is 5.60 Å². The number of hydrogen-bond acceptors (Lipinski definition) is 5. The zero-order chi connectivity index (χ0) is 22.9. The second-order valence-electron chi connectivity index (χ2n) is 10.2. The Kier molecular flexibility index (Phi) is 6.56. The summed E-state index contributed by atoms with van der Waals surface area (Å²) in [7, 11) is 0. The molecule has 0 unspecified atom stereocenters. The number of amides is 3. The molecule has 4 rings (SSSR count). The van der Waals surface area contributed by atoms with Crippen LogP contribution in [0.1, 0.15) is 80.0 Å². The molecule has 0 spiro atoms. The van der Waals surface area contributed by atoms with E-state index >= 15 is 0 Å². The van der Waals surface area contributed by atoms with Crippen molar-refractivity contribution >= 4 is 17.9 Å². The molecular formula is C25H34N2O5. The van der Waals surface area contributed by atoms with Gasteiger partial charge in [0.05, 0.1) is 23.3 Å². The second kappa shape index (κ2) is 9.22. The molecule has 7 heteroatoms. The van der Waals surface area contributed by atoms with Gasteiger partial charge in [0.15, 0.2) is 0 Å². The molecule has 7 nitrogen and oxygen atoms in total. The van der Waals surface area contributed by atoms with Gasteiger partial charge in [-0.15, -0.1) is 0 Å². The molecule has 32 heavy (non-hydrogen) atoms. The first-order chi connectivity index (χ1) is 15.2. The molecule has 0 radical (unpaired) electrons. The lowest BCUT2D eigenvalue weighted by Gasteiger charge is -2.37. The van der Waals surface area contributed by atoms with E-state index in [-0.39, 0.29) is 30.1 Å².